The zero-order chi connectivity index (χ0) is 12.7. The van der Waals surface area contributed by atoms with Gasteiger partial charge in [-0.25, -0.2) is 0 Å². The van der Waals surface area contributed by atoms with Gasteiger partial charge in [0.15, 0.2) is 0 Å². The van der Waals surface area contributed by atoms with E-state index in [4.69, 9.17) is 0 Å². The molecule has 0 saturated heterocycles. The summed E-state index contributed by atoms with van der Waals surface area (Å²) in [5, 5.41) is 9.79. The summed E-state index contributed by atoms with van der Waals surface area (Å²) in [6, 6.07) is 10.4. The van der Waals surface area contributed by atoms with Crippen molar-refractivity contribution < 1.29 is 5.11 Å². The van der Waals surface area contributed by atoms with Gasteiger partial charge in [0.1, 0.15) is 0 Å². The summed E-state index contributed by atoms with van der Waals surface area (Å²) in [5.41, 5.74) is -0.604. The molecule has 0 aliphatic carbocycles. The Morgan fingerprint density at radius 2 is 1.88 bits per heavy atom. The Bertz CT molecular complexity index is 308. The van der Waals surface area contributed by atoms with Crippen molar-refractivity contribution in [3.63, 3.8) is 0 Å². The van der Waals surface area contributed by atoms with E-state index in [1.807, 2.05) is 31.7 Å². The van der Waals surface area contributed by atoms with Crippen LogP contribution < -0.4 is 0 Å². The van der Waals surface area contributed by atoms with E-state index in [0.29, 0.717) is 0 Å². The first-order chi connectivity index (χ1) is 8.01. The highest BCUT2D eigenvalue weighted by molar-refractivity contribution is 7.99. The van der Waals surface area contributed by atoms with E-state index in [2.05, 4.69) is 36.1 Å². The fourth-order valence-electron chi connectivity index (χ4n) is 1.71. The zero-order valence-electron chi connectivity index (χ0n) is 11.0. The molecule has 0 spiro atoms. The molecule has 0 saturated carbocycles. The highest BCUT2D eigenvalue weighted by Crippen LogP contribution is 2.17. The van der Waals surface area contributed by atoms with Crippen molar-refractivity contribution in [2.45, 2.75) is 31.3 Å². The van der Waals surface area contributed by atoms with Crippen LogP contribution in [0.2, 0.25) is 0 Å². The molecular weight excluding hydrogens is 230 g/mol. The second-order valence-electron chi connectivity index (χ2n) is 4.84. The van der Waals surface area contributed by atoms with Gasteiger partial charge in [-0.15, -0.1) is 11.8 Å². The van der Waals surface area contributed by atoms with E-state index >= 15 is 0 Å². The van der Waals surface area contributed by atoms with Crippen molar-refractivity contribution in [1.82, 2.24) is 4.90 Å². The monoisotopic (exact) mass is 253 g/mol. The Hall–Kier alpha value is -0.510. The smallest absolute Gasteiger partial charge is 0.0718 e. The third-order valence-corrected chi connectivity index (χ3v) is 3.47. The summed E-state index contributed by atoms with van der Waals surface area (Å²) in [6.07, 6.45) is 0. The number of thioether (sulfide) groups is 1. The van der Waals surface area contributed by atoms with E-state index < -0.39 is 5.60 Å². The molecule has 17 heavy (non-hydrogen) atoms. The van der Waals surface area contributed by atoms with Crippen molar-refractivity contribution in [3.05, 3.63) is 30.3 Å². The van der Waals surface area contributed by atoms with Crippen molar-refractivity contribution in [1.29, 1.82) is 0 Å². The third-order valence-electron chi connectivity index (χ3n) is 2.48. The van der Waals surface area contributed by atoms with E-state index in [1.54, 1.807) is 0 Å². The molecule has 2 nitrogen and oxygen atoms in total. The maximum atomic E-state index is 9.79. The summed E-state index contributed by atoms with van der Waals surface area (Å²) in [7, 11) is 0. The number of nitrogens with zero attached hydrogens (tertiary/aromatic N) is 1. The van der Waals surface area contributed by atoms with Crippen LogP contribution in [0, 0.1) is 0 Å². The van der Waals surface area contributed by atoms with Gasteiger partial charge in [-0.3, -0.25) is 4.90 Å². The Morgan fingerprint density at radius 3 is 2.41 bits per heavy atom. The molecule has 1 N–H and O–H groups in total. The van der Waals surface area contributed by atoms with Gasteiger partial charge in [-0.2, -0.15) is 0 Å². The number of hydrogen-bond donors (Lipinski definition) is 1. The molecule has 96 valence electrons. The molecule has 0 radical (unpaired) electrons. The highest BCUT2D eigenvalue weighted by atomic mass is 32.2. The minimum absolute atomic E-state index is 0.604. The van der Waals surface area contributed by atoms with Crippen molar-refractivity contribution in [2.24, 2.45) is 0 Å². The van der Waals surface area contributed by atoms with Gasteiger partial charge in [0, 0.05) is 23.7 Å². The summed E-state index contributed by atoms with van der Waals surface area (Å²) in [5.74, 6) is 1.06. The molecule has 3 heteroatoms. The topological polar surface area (TPSA) is 23.5 Å². The molecule has 1 aromatic carbocycles. The number of rotatable bonds is 7. The summed E-state index contributed by atoms with van der Waals surface area (Å²) >= 11 is 1.87. The number of likely N-dealkylation sites (N-methyl/N-ethyl adjacent to an activating group) is 1. The van der Waals surface area contributed by atoms with Gasteiger partial charge < -0.3 is 5.11 Å². The van der Waals surface area contributed by atoms with Crippen LogP contribution in [0.1, 0.15) is 20.8 Å². The standard InChI is InChI=1S/C14H23NOS/c1-4-15(12-14(2,3)16)10-11-17-13-8-6-5-7-9-13/h5-9,16H,4,10-12H2,1-3H3. The Morgan fingerprint density at radius 1 is 1.24 bits per heavy atom. The van der Waals surface area contributed by atoms with E-state index in [0.717, 1.165) is 25.4 Å². The molecule has 0 unspecified atom stereocenters. The van der Waals surface area contributed by atoms with E-state index in [9.17, 15) is 5.11 Å². The third kappa shape index (κ3) is 6.71. The van der Waals surface area contributed by atoms with Crippen LogP contribution in [0.15, 0.2) is 35.2 Å². The Balaban J connectivity index is 2.29. The summed E-state index contributed by atoms with van der Waals surface area (Å²) in [6.45, 7) is 8.59. The van der Waals surface area contributed by atoms with Crippen molar-refractivity contribution in [2.75, 3.05) is 25.4 Å². The van der Waals surface area contributed by atoms with Crippen LogP contribution in [0.4, 0.5) is 0 Å². The number of benzene rings is 1. The molecule has 0 atom stereocenters. The first-order valence-electron chi connectivity index (χ1n) is 6.14. The van der Waals surface area contributed by atoms with Crippen LogP contribution in [0.5, 0.6) is 0 Å². The lowest BCUT2D eigenvalue weighted by molar-refractivity contribution is 0.0400. The molecule has 0 fully saturated rings. The molecule has 0 amide bonds. The fraction of sp³-hybridized carbons (Fsp3) is 0.571. The largest absolute Gasteiger partial charge is 0.389 e. The minimum Gasteiger partial charge on any atom is -0.389 e. The second-order valence-corrected chi connectivity index (χ2v) is 6.01. The first kappa shape index (κ1) is 14.6. The summed E-state index contributed by atoms with van der Waals surface area (Å²) < 4.78 is 0. The van der Waals surface area contributed by atoms with Crippen molar-refractivity contribution in [3.8, 4) is 0 Å². The van der Waals surface area contributed by atoms with Crippen LogP contribution >= 0.6 is 11.8 Å². The van der Waals surface area contributed by atoms with Gasteiger partial charge >= 0.3 is 0 Å². The second kappa shape index (κ2) is 7.04. The fourth-order valence-corrected chi connectivity index (χ4v) is 2.64. The minimum atomic E-state index is -0.604. The molecule has 1 rings (SSSR count). The number of aliphatic hydroxyl groups is 1. The van der Waals surface area contributed by atoms with Gasteiger partial charge in [-0.1, -0.05) is 25.1 Å². The molecule has 0 bridgehead atoms. The lowest BCUT2D eigenvalue weighted by Crippen LogP contribution is -2.39. The molecular formula is C14H23NOS. The molecule has 0 aliphatic rings. The quantitative estimate of drug-likeness (QED) is 0.756. The maximum absolute atomic E-state index is 9.79. The molecule has 1 aromatic rings. The Labute approximate surface area is 109 Å². The lowest BCUT2D eigenvalue weighted by atomic mass is 10.1. The van der Waals surface area contributed by atoms with Crippen LogP contribution in [0.3, 0.4) is 0 Å². The van der Waals surface area contributed by atoms with E-state index in [-0.39, 0.29) is 0 Å². The Kier molecular flexibility index (Phi) is 6.03. The van der Waals surface area contributed by atoms with Crippen LogP contribution in [0.25, 0.3) is 0 Å². The molecule has 0 heterocycles. The van der Waals surface area contributed by atoms with Gasteiger partial charge in [0.25, 0.3) is 0 Å². The van der Waals surface area contributed by atoms with E-state index in [1.165, 1.54) is 4.90 Å². The number of hydrogen-bond acceptors (Lipinski definition) is 3. The average Bonchev–Trinajstić information content (AvgIpc) is 2.27. The van der Waals surface area contributed by atoms with Crippen LogP contribution in [-0.2, 0) is 0 Å². The predicted molar refractivity (Wildman–Crippen MR) is 75.6 cm³/mol. The summed E-state index contributed by atoms with van der Waals surface area (Å²) in [4.78, 5) is 3.60. The normalized spacial score (nSPS) is 12.1. The van der Waals surface area contributed by atoms with Gasteiger partial charge in [0.05, 0.1) is 5.60 Å². The zero-order valence-corrected chi connectivity index (χ0v) is 11.8. The lowest BCUT2D eigenvalue weighted by Gasteiger charge is -2.27. The first-order valence-corrected chi connectivity index (χ1v) is 7.12. The van der Waals surface area contributed by atoms with Gasteiger partial charge in [0.2, 0.25) is 0 Å². The van der Waals surface area contributed by atoms with Crippen molar-refractivity contribution >= 4 is 11.8 Å². The molecule has 0 aromatic heterocycles. The maximum Gasteiger partial charge on any atom is 0.0718 e. The highest BCUT2D eigenvalue weighted by Gasteiger charge is 2.16. The average molecular weight is 253 g/mol. The predicted octanol–water partition coefficient (Wildman–Crippen LogP) is 2.87. The SMILES string of the molecule is CCN(CCSc1ccccc1)CC(C)(C)O. The molecule has 0 aliphatic heterocycles. The van der Waals surface area contributed by atoms with Crippen LogP contribution in [-0.4, -0.2) is 41.0 Å². The van der Waals surface area contributed by atoms with Gasteiger partial charge in [-0.05, 0) is 32.5 Å².